The molecule has 2 rings (SSSR count). The molecule has 2 aromatic rings. The molecule has 0 saturated heterocycles. The normalized spacial score (nSPS) is 10.7. The molecular formula is C12H16IN5O. The summed E-state index contributed by atoms with van der Waals surface area (Å²) in [7, 11) is 1.81. The summed E-state index contributed by atoms with van der Waals surface area (Å²) in [6, 6.07) is 1.85. The van der Waals surface area contributed by atoms with Gasteiger partial charge in [-0.3, -0.25) is 14.2 Å². The quantitative estimate of drug-likeness (QED) is 0.815. The van der Waals surface area contributed by atoms with Crippen molar-refractivity contribution in [2.24, 2.45) is 7.05 Å². The van der Waals surface area contributed by atoms with Gasteiger partial charge in [0.25, 0.3) is 0 Å². The number of aryl methyl sites for hydroxylation is 3. The summed E-state index contributed by atoms with van der Waals surface area (Å²) in [6.45, 7) is 2.65. The Balaban J connectivity index is 1.77. The van der Waals surface area contributed by atoms with Gasteiger partial charge in [0.2, 0.25) is 5.91 Å². The fraction of sp³-hybridized carbons (Fsp3) is 0.417. The average Bonchev–Trinajstić information content (AvgIpc) is 2.86. The van der Waals surface area contributed by atoms with Gasteiger partial charge in [-0.15, -0.1) is 0 Å². The van der Waals surface area contributed by atoms with Crippen molar-refractivity contribution in [3.05, 3.63) is 27.7 Å². The molecule has 1 amide bonds. The highest BCUT2D eigenvalue weighted by atomic mass is 127. The Hall–Kier alpha value is -1.38. The summed E-state index contributed by atoms with van der Waals surface area (Å²) >= 11 is 2.21. The maximum atomic E-state index is 11.8. The molecule has 0 saturated carbocycles. The molecule has 1 N–H and O–H groups in total. The van der Waals surface area contributed by atoms with Crippen molar-refractivity contribution in [2.45, 2.75) is 26.3 Å². The molecule has 0 bridgehead atoms. The molecule has 0 aliphatic carbocycles. The van der Waals surface area contributed by atoms with E-state index >= 15 is 0 Å². The van der Waals surface area contributed by atoms with Crippen LogP contribution in [0.5, 0.6) is 0 Å². The molecule has 0 aliphatic heterocycles. The Morgan fingerprint density at radius 2 is 2.32 bits per heavy atom. The Morgan fingerprint density at radius 1 is 1.53 bits per heavy atom. The van der Waals surface area contributed by atoms with E-state index in [0.717, 1.165) is 28.0 Å². The molecule has 2 heterocycles. The molecule has 0 fully saturated rings. The monoisotopic (exact) mass is 373 g/mol. The van der Waals surface area contributed by atoms with Gasteiger partial charge in [0.05, 0.1) is 15.5 Å². The maximum absolute atomic E-state index is 11.8. The number of hydrogen-bond acceptors (Lipinski definition) is 3. The predicted octanol–water partition coefficient (Wildman–Crippen LogP) is 1.95. The van der Waals surface area contributed by atoms with Crippen LogP contribution in [0, 0.1) is 10.5 Å². The first-order valence-corrected chi connectivity index (χ1v) is 7.11. The fourth-order valence-corrected chi connectivity index (χ4v) is 2.24. The second kappa shape index (κ2) is 6.18. The summed E-state index contributed by atoms with van der Waals surface area (Å²) < 4.78 is 4.62. The molecule has 7 heteroatoms. The Labute approximate surface area is 125 Å². The number of hydrogen-bond donors (Lipinski definition) is 1. The van der Waals surface area contributed by atoms with E-state index in [9.17, 15) is 4.79 Å². The summed E-state index contributed by atoms with van der Waals surface area (Å²) in [4.78, 5) is 11.8. The zero-order valence-electron chi connectivity index (χ0n) is 10.9. The topological polar surface area (TPSA) is 64.7 Å². The van der Waals surface area contributed by atoms with Gasteiger partial charge in [0, 0.05) is 32.3 Å². The van der Waals surface area contributed by atoms with Crippen molar-refractivity contribution < 1.29 is 4.79 Å². The molecule has 0 unspecified atom stereocenters. The number of aromatic nitrogens is 4. The first-order chi connectivity index (χ1) is 9.04. The van der Waals surface area contributed by atoms with E-state index in [-0.39, 0.29) is 5.91 Å². The second-order valence-corrected chi connectivity index (χ2v) is 5.61. The minimum atomic E-state index is 0.00449. The van der Waals surface area contributed by atoms with Crippen molar-refractivity contribution in [3.63, 3.8) is 0 Å². The number of nitrogens with zero attached hydrogens (tertiary/aromatic N) is 4. The van der Waals surface area contributed by atoms with E-state index in [4.69, 9.17) is 0 Å². The number of nitrogens with one attached hydrogen (secondary N) is 1. The summed E-state index contributed by atoms with van der Waals surface area (Å²) in [6.07, 6.45) is 5.00. The second-order valence-electron chi connectivity index (χ2n) is 4.37. The molecule has 0 aliphatic rings. The van der Waals surface area contributed by atoms with E-state index in [2.05, 4.69) is 38.1 Å². The molecule has 19 heavy (non-hydrogen) atoms. The SMILES string of the molecule is Cc1cc(NC(=O)CCCn2cc(I)cn2)n(C)n1. The van der Waals surface area contributed by atoms with Gasteiger partial charge in [-0.25, -0.2) is 0 Å². The zero-order chi connectivity index (χ0) is 13.8. The maximum Gasteiger partial charge on any atom is 0.225 e. The van der Waals surface area contributed by atoms with Crippen LogP contribution in [-0.4, -0.2) is 25.5 Å². The van der Waals surface area contributed by atoms with Gasteiger partial charge >= 0.3 is 0 Å². The van der Waals surface area contributed by atoms with Crippen LogP contribution in [0.4, 0.5) is 5.82 Å². The minimum absolute atomic E-state index is 0.00449. The van der Waals surface area contributed by atoms with Crippen LogP contribution in [0.1, 0.15) is 18.5 Å². The van der Waals surface area contributed by atoms with Crippen LogP contribution in [0.2, 0.25) is 0 Å². The fourth-order valence-electron chi connectivity index (χ4n) is 1.80. The van der Waals surface area contributed by atoms with Gasteiger partial charge < -0.3 is 5.32 Å². The Bertz CT molecular complexity index is 574. The van der Waals surface area contributed by atoms with Gasteiger partial charge in [-0.05, 0) is 35.9 Å². The van der Waals surface area contributed by atoms with E-state index in [0.29, 0.717) is 6.42 Å². The van der Waals surface area contributed by atoms with E-state index in [1.165, 1.54) is 0 Å². The van der Waals surface area contributed by atoms with Crippen LogP contribution in [-0.2, 0) is 18.4 Å². The first-order valence-electron chi connectivity index (χ1n) is 6.03. The minimum Gasteiger partial charge on any atom is -0.311 e. The highest BCUT2D eigenvalue weighted by Gasteiger charge is 2.07. The van der Waals surface area contributed by atoms with Crippen LogP contribution >= 0.6 is 22.6 Å². The number of amides is 1. The summed E-state index contributed by atoms with van der Waals surface area (Å²) in [5, 5.41) is 11.2. The lowest BCUT2D eigenvalue weighted by Gasteiger charge is -2.05. The third-order valence-corrected chi connectivity index (χ3v) is 3.22. The van der Waals surface area contributed by atoms with Crippen LogP contribution in [0.25, 0.3) is 0 Å². The molecule has 6 nitrogen and oxygen atoms in total. The molecular weight excluding hydrogens is 357 g/mol. The number of carbonyl (C=O) groups excluding carboxylic acids is 1. The van der Waals surface area contributed by atoms with Gasteiger partial charge in [-0.1, -0.05) is 0 Å². The van der Waals surface area contributed by atoms with E-state index in [1.54, 1.807) is 10.9 Å². The predicted molar refractivity (Wildman–Crippen MR) is 80.8 cm³/mol. The van der Waals surface area contributed by atoms with Crippen molar-refractivity contribution in [2.75, 3.05) is 5.32 Å². The molecule has 0 atom stereocenters. The molecule has 0 spiro atoms. The summed E-state index contributed by atoms with van der Waals surface area (Å²) in [5.41, 5.74) is 0.893. The third kappa shape index (κ3) is 4.05. The zero-order valence-corrected chi connectivity index (χ0v) is 13.1. The van der Waals surface area contributed by atoms with Crippen molar-refractivity contribution in [1.29, 1.82) is 0 Å². The van der Waals surface area contributed by atoms with Gasteiger partial charge in [0.15, 0.2) is 0 Å². The molecule has 0 aromatic carbocycles. The lowest BCUT2D eigenvalue weighted by atomic mass is 10.3. The van der Waals surface area contributed by atoms with Gasteiger partial charge in [0.1, 0.15) is 5.82 Å². The number of halogens is 1. The van der Waals surface area contributed by atoms with Crippen LogP contribution < -0.4 is 5.32 Å². The van der Waals surface area contributed by atoms with Crippen LogP contribution in [0.15, 0.2) is 18.5 Å². The molecule has 0 radical (unpaired) electrons. The number of rotatable bonds is 5. The standard InChI is InChI=1S/C12H16IN5O/c1-9-6-11(17(2)16-9)15-12(19)4-3-5-18-8-10(13)7-14-18/h6-8H,3-5H2,1-2H3,(H,15,19). The van der Waals surface area contributed by atoms with Crippen molar-refractivity contribution in [1.82, 2.24) is 19.6 Å². The van der Waals surface area contributed by atoms with E-state index < -0.39 is 0 Å². The highest BCUT2D eigenvalue weighted by Crippen LogP contribution is 2.09. The smallest absolute Gasteiger partial charge is 0.225 e. The lowest BCUT2D eigenvalue weighted by molar-refractivity contribution is -0.116. The van der Waals surface area contributed by atoms with E-state index in [1.807, 2.05) is 30.9 Å². The third-order valence-electron chi connectivity index (χ3n) is 2.66. The Morgan fingerprint density at radius 3 is 2.89 bits per heavy atom. The largest absolute Gasteiger partial charge is 0.311 e. The highest BCUT2D eigenvalue weighted by molar-refractivity contribution is 14.1. The summed E-state index contributed by atoms with van der Waals surface area (Å²) in [5.74, 6) is 0.737. The number of carbonyl (C=O) groups is 1. The van der Waals surface area contributed by atoms with Crippen LogP contribution in [0.3, 0.4) is 0 Å². The number of anilines is 1. The van der Waals surface area contributed by atoms with Crippen molar-refractivity contribution >= 4 is 34.3 Å². The molecule has 102 valence electrons. The van der Waals surface area contributed by atoms with Gasteiger partial charge in [-0.2, -0.15) is 10.2 Å². The Kier molecular flexibility index (Phi) is 4.56. The average molecular weight is 373 g/mol. The van der Waals surface area contributed by atoms with Crippen molar-refractivity contribution in [3.8, 4) is 0 Å². The lowest BCUT2D eigenvalue weighted by Crippen LogP contribution is -2.14. The molecule has 2 aromatic heterocycles. The first kappa shape index (κ1) is 14.0.